The number of carbonyl (C=O) groups is 2. The third-order valence-corrected chi connectivity index (χ3v) is 3.13. The van der Waals surface area contributed by atoms with Gasteiger partial charge in [0.1, 0.15) is 23.3 Å². The number of nitrogens with one attached hydrogen (secondary N) is 1. The summed E-state index contributed by atoms with van der Waals surface area (Å²) in [6.45, 7) is 1.25. The van der Waals surface area contributed by atoms with E-state index in [1.165, 1.54) is 19.1 Å². The number of amides is 1. The molecule has 5 nitrogen and oxygen atoms in total. The molecule has 0 aliphatic heterocycles. The van der Waals surface area contributed by atoms with E-state index in [1.807, 2.05) is 6.07 Å². The lowest BCUT2D eigenvalue weighted by Gasteiger charge is -2.14. The fourth-order valence-corrected chi connectivity index (χ4v) is 1.89. The maximum absolute atomic E-state index is 13.5. The number of ether oxygens (including phenoxy) is 1. The van der Waals surface area contributed by atoms with Crippen molar-refractivity contribution in [2.75, 3.05) is 5.32 Å². The number of hydrogen-bond donors (Lipinski definition) is 1. The molecule has 0 aliphatic carbocycles. The van der Waals surface area contributed by atoms with Crippen molar-refractivity contribution in [1.29, 1.82) is 5.26 Å². The standard InChI is InChI=1S/C17H12F2N2O3/c1-10(16(22)21-14-8-3-2-5-11(14)9-20)24-17(23)15-12(18)6-4-7-13(15)19/h2-8,10H,1H3,(H,21,22)/t10-/m0/s1. The number of carbonyl (C=O) groups excluding carboxylic acids is 2. The first-order valence-electron chi connectivity index (χ1n) is 6.89. The number of para-hydroxylation sites is 1. The lowest BCUT2D eigenvalue weighted by atomic mass is 10.2. The maximum atomic E-state index is 13.5. The van der Waals surface area contributed by atoms with Gasteiger partial charge in [0.05, 0.1) is 11.3 Å². The van der Waals surface area contributed by atoms with Crippen LogP contribution >= 0.6 is 0 Å². The molecule has 2 aromatic carbocycles. The Morgan fingerprint density at radius 1 is 1.12 bits per heavy atom. The van der Waals surface area contributed by atoms with Gasteiger partial charge < -0.3 is 10.1 Å². The number of rotatable bonds is 4. The van der Waals surface area contributed by atoms with Gasteiger partial charge in [0.25, 0.3) is 5.91 Å². The first-order valence-corrected chi connectivity index (χ1v) is 6.89. The zero-order valence-corrected chi connectivity index (χ0v) is 12.5. The quantitative estimate of drug-likeness (QED) is 0.874. The number of nitrogens with zero attached hydrogens (tertiary/aromatic N) is 1. The summed E-state index contributed by atoms with van der Waals surface area (Å²) >= 11 is 0. The average molecular weight is 330 g/mol. The van der Waals surface area contributed by atoms with Gasteiger partial charge >= 0.3 is 5.97 Å². The molecule has 122 valence electrons. The Kier molecular flexibility index (Phi) is 5.22. The number of esters is 1. The van der Waals surface area contributed by atoms with Gasteiger partial charge in [0.15, 0.2) is 6.10 Å². The SMILES string of the molecule is C[C@H](OC(=O)c1c(F)cccc1F)C(=O)Nc1ccccc1C#N. The normalized spacial score (nSPS) is 11.2. The monoisotopic (exact) mass is 330 g/mol. The van der Waals surface area contributed by atoms with Crippen LogP contribution < -0.4 is 5.32 Å². The predicted octanol–water partition coefficient (Wildman–Crippen LogP) is 3.02. The molecule has 0 saturated carbocycles. The van der Waals surface area contributed by atoms with Crippen molar-refractivity contribution in [3.63, 3.8) is 0 Å². The van der Waals surface area contributed by atoms with Crippen molar-refractivity contribution in [1.82, 2.24) is 0 Å². The fraction of sp³-hybridized carbons (Fsp3) is 0.118. The zero-order chi connectivity index (χ0) is 17.7. The minimum atomic E-state index is -1.32. The minimum Gasteiger partial charge on any atom is -0.449 e. The molecular weight excluding hydrogens is 318 g/mol. The maximum Gasteiger partial charge on any atom is 0.344 e. The molecule has 7 heteroatoms. The van der Waals surface area contributed by atoms with E-state index in [0.29, 0.717) is 0 Å². The Morgan fingerprint density at radius 2 is 1.75 bits per heavy atom. The molecule has 0 spiro atoms. The highest BCUT2D eigenvalue weighted by Gasteiger charge is 2.24. The number of anilines is 1. The molecule has 0 bridgehead atoms. The number of halogens is 2. The third-order valence-electron chi connectivity index (χ3n) is 3.13. The Bertz CT molecular complexity index is 811. The highest BCUT2D eigenvalue weighted by atomic mass is 19.1. The molecule has 1 atom stereocenters. The summed E-state index contributed by atoms with van der Waals surface area (Å²) in [5.74, 6) is -4.19. The van der Waals surface area contributed by atoms with Crippen LogP contribution in [0.5, 0.6) is 0 Å². The second kappa shape index (κ2) is 7.33. The Labute approximate surface area is 136 Å². The van der Waals surface area contributed by atoms with E-state index in [1.54, 1.807) is 12.1 Å². The fourth-order valence-electron chi connectivity index (χ4n) is 1.89. The molecule has 2 aromatic rings. The predicted molar refractivity (Wildman–Crippen MR) is 81.0 cm³/mol. The number of benzene rings is 2. The van der Waals surface area contributed by atoms with Crippen LogP contribution in [-0.2, 0) is 9.53 Å². The van der Waals surface area contributed by atoms with Gasteiger partial charge in [-0.1, -0.05) is 18.2 Å². The van der Waals surface area contributed by atoms with Crippen LogP contribution in [0.3, 0.4) is 0 Å². The second-order valence-corrected chi connectivity index (χ2v) is 4.79. The lowest BCUT2D eigenvalue weighted by Crippen LogP contribution is -2.30. The molecule has 0 unspecified atom stereocenters. The molecule has 1 N–H and O–H groups in total. The van der Waals surface area contributed by atoms with Crippen LogP contribution in [0.2, 0.25) is 0 Å². The average Bonchev–Trinajstić information content (AvgIpc) is 2.55. The molecule has 1 amide bonds. The summed E-state index contributed by atoms with van der Waals surface area (Å²) in [7, 11) is 0. The highest BCUT2D eigenvalue weighted by molar-refractivity contribution is 5.98. The van der Waals surface area contributed by atoms with Crippen molar-refractivity contribution in [3.05, 3.63) is 65.2 Å². The molecule has 24 heavy (non-hydrogen) atoms. The first kappa shape index (κ1) is 17.1. The van der Waals surface area contributed by atoms with E-state index in [2.05, 4.69) is 5.32 Å². The van der Waals surface area contributed by atoms with Crippen LogP contribution in [0.4, 0.5) is 14.5 Å². The summed E-state index contributed by atoms with van der Waals surface area (Å²) in [6, 6.07) is 11.1. The van der Waals surface area contributed by atoms with Gasteiger partial charge in [-0.3, -0.25) is 4.79 Å². The molecule has 0 radical (unpaired) electrons. The van der Waals surface area contributed by atoms with E-state index in [0.717, 1.165) is 18.2 Å². The molecular formula is C17H12F2N2O3. The van der Waals surface area contributed by atoms with Crippen molar-refractivity contribution < 1.29 is 23.1 Å². The second-order valence-electron chi connectivity index (χ2n) is 4.79. The first-order chi connectivity index (χ1) is 11.4. The third kappa shape index (κ3) is 3.73. The Hall–Kier alpha value is -3.27. The molecule has 0 aliphatic rings. The Balaban J connectivity index is 2.09. The number of hydrogen-bond acceptors (Lipinski definition) is 4. The van der Waals surface area contributed by atoms with E-state index in [4.69, 9.17) is 10.00 Å². The van der Waals surface area contributed by atoms with Crippen molar-refractivity contribution in [2.24, 2.45) is 0 Å². The van der Waals surface area contributed by atoms with Crippen LogP contribution in [0.25, 0.3) is 0 Å². The molecule has 0 aromatic heterocycles. The topological polar surface area (TPSA) is 79.2 Å². The summed E-state index contributed by atoms with van der Waals surface area (Å²) < 4.78 is 31.8. The largest absolute Gasteiger partial charge is 0.449 e. The van der Waals surface area contributed by atoms with E-state index in [-0.39, 0.29) is 11.3 Å². The summed E-state index contributed by atoms with van der Waals surface area (Å²) in [5.41, 5.74) is -0.399. The van der Waals surface area contributed by atoms with Gasteiger partial charge in [-0.15, -0.1) is 0 Å². The number of nitriles is 1. The van der Waals surface area contributed by atoms with Crippen LogP contribution in [0.15, 0.2) is 42.5 Å². The van der Waals surface area contributed by atoms with E-state index >= 15 is 0 Å². The van der Waals surface area contributed by atoms with Gasteiger partial charge in [-0.25, -0.2) is 13.6 Å². The minimum absolute atomic E-state index is 0.226. The summed E-state index contributed by atoms with van der Waals surface area (Å²) in [6.07, 6.45) is -1.32. The van der Waals surface area contributed by atoms with Gasteiger partial charge in [-0.05, 0) is 31.2 Å². The van der Waals surface area contributed by atoms with Crippen molar-refractivity contribution in [3.8, 4) is 6.07 Å². The molecule has 0 heterocycles. The highest BCUT2D eigenvalue weighted by Crippen LogP contribution is 2.16. The zero-order valence-electron chi connectivity index (χ0n) is 12.5. The van der Waals surface area contributed by atoms with E-state index in [9.17, 15) is 18.4 Å². The molecule has 0 fully saturated rings. The van der Waals surface area contributed by atoms with Crippen molar-refractivity contribution in [2.45, 2.75) is 13.0 Å². The van der Waals surface area contributed by atoms with Crippen LogP contribution in [0.1, 0.15) is 22.8 Å². The van der Waals surface area contributed by atoms with Gasteiger partial charge in [-0.2, -0.15) is 5.26 Å². The smallest absolute Gasteiger partial charge is 0.344 e. The summed E-state index contributed by atoms with van der Waals surface area (Å²) in [5, 5.41) is 11.4. The molecule has 2 rings (SSSR count). The van der Waals surface area contributed by atoms with Crippen LogP contribution in [0, 0.1) is 23.0 Å². The summed E-state index contributed by atoms with van der Waals surface area (Å²) in [4.78, 5) is 23.9. The van der Waals surface area contributed by atoms with Gasteiger partial charge in [0.2, 0.25) is 0 Å². The van der Waals surface area contributed by atoms with Gasteiger partial charge in [0, 0.05) is 0 Å². The van der Waals surface area contributed by atoms with Crippen LogP contribution in [-0.4, -0.2) is 18.0 Å². The van der Waals surface area contributed by atoms with Crippen molar-refractivity contribution >= 4 is 17.6 Å². The lowest BCUT2D eigenvalue weighted by molar-refractivity contribution is -0.123. The van der Waals surface area contributed by atoms with E-state index < -0.39 is 35.2 Å². The Morgan fingerprint density at radius 3 is 2.38 bits per heavy atom. The molecule has 0 saturated heterocycles.